The van der Waals surface area contributed by atoms with Crippen molar-refractivity contribution in [2.75, 3.05) is 0 Å². The molecule has 0 aliphatic rings. The van der Waals surface area contributed by atoms with Gasteiger partial charge in [-0.25, -0.2) is 0 Å². The molecule has 20 heavy (non-hydrogen) atoms. The molecule has 1 aromatic heterocycles. The second kappa shape index (κ2) is 4.79. The van der Waals surface area contributed by atoms with Gasteiger partial charge in [0.05, 0.1) is 0 Å². The Balaban J connectivity index is 2.63. The number of fused-ring (bicyclic) bond motifs is 1. The SMILES string of the molecule is CCC(N)C(O)(c1cc2cc(C)ccc2o1)C(F)(F)F. The topological polar surface area (TPSA) is 59.4 Å². The Morgan fingerprint density at radius 1 is 1.30 bits per heavy atom. The molecular weight excluding hydrogens is 271 g/mol. The van der Waals surface area contributed by atoms with Gasteiger partial charge in [-0.05, 0) is 31.5 Å². The first-order valence-corrected chi connectivity index (χ1v) is 6.25. The molecule has 1 aromatic carbocycles. The summed E-state index contributed by atoms with van der Waals surface area (Å²) in [6, 6.07) is 4.69. The molecule has 110 valence electrons. The zero-order chi connectivity index (χ0) is 15.1. The highest BCUT2D eigenvalue weighted by Gasteiger charge is 2.60. The quantitative estimate of drug-likeness (QED) is 0.911. The van der Waals surface area contributed by atoms with Gasteiger partial charge in [0.15, 0.2) is 0 Å². The average Bonchev–Trinajstić information content (AvgIpc) is 2.78. The molecule has 2 aromatic rings. The Kier molecular flexibility index (Phi) is 3.56. The summed E-state index contributed by atoms with van der Waals surface area (Å²) < 4.78 is 44.9. The highest BCUT2D eigenvalue weighted by molar-refractivity contribution is 5.79. The molecule has 0 radical (unpaired) electrons. The number of alkyl halides is 3. The maximum absolute atomic E-state index is 13.2. The highest BCUT2D eigenvalue weighted by Crippen LogP contribution is 2.43. The largest absolute Gasteiger partial charge is 0.458 e. The summed E-state index contributed by atoms with van der Waals surface area (Å²) in [7, 11) is 0. The van der Waals surface area contributed by atoms with Crippen molar-refractivity contribution in [3.63, 3.8) is 0 Å². The van der Waals surface area contributed by atoms with Crippen molar-refractivity contribution in [1.82, 2.24) is 0 Å². The number of nitrogens with two attached hydrogens (primary N) is 1. The van der Waals surface area contributed by atoms with Crippen molar-refractivity contribution in [2.24, 2.45) is 5.73 Å². The van der Waals surface area contributed by atoms with Gasteiger partial charge < -0.3 is 15.3 Å². The monoisotopic (exact) mass is 287 g/mol. The van der Waals surface area contributed by atoms with Gasteiger partial charge >= 0.3 is 6.18 Å². The molecule has 3 N–H and O–H groups in total. The van der Waals surface area contributed by atoms with Crippen LogP contribution in [0.4, 0.5) is 13.2 Å². The lowest BCUT2D eigenvalue weighted by Gasteiger charge is -2.33. The minimum atomic E-state index is -4.91. The molecule has 0 saturated heterocycles. The molecule has 2 rings (SSSR count). The van der Waals surface area contributed by atoms with Crippen LogP contribution in [-0.2, 0) is 5.60 Å². The Hall–Kier alpha value is -1.53. The van der Waals surface area contributed by atoms with E-state index >= 15 is 0 Å². The molecule has 2 atom stereocenters. The zero-order valence-corrected chi connectivity index (χ0v) is 11.2. The van der Waals surface area contributed by atoms with Crippen molar-refractivity contribution in [3.05, 3.63) is 35.6 Å². The van der Waals surface area contributed by atoms with E-state index in [4.69, 9.17) is 10.2 Å². The van der Waals surface area contributed by atoms with Gasteiger partial charge in [-0.3, -0.25) is 0 Å². The van der Waals surface area contributed by atoms with Gasteiger partial charge in [-0.15, -0.1) is 0 Å². The Morgan fingerprint density at radius 2 is 1.95 bits per heavy atom. The number of aliphatic hydroxyl groups is 1. The van der Waals surface area contributed by atoms with Crippen molar-refractivity contribution in [1.29, 1.82) is 0 Å². The first-order valence-electron chi connectivity index (χ1n) is 6.25. The minimum absolute atomic E-state index is 0.0356. The van der Waals surface area contributed by atoms with E-state index in [2.05, 4.69) is 0 Å². The van der Waals surface area contributed by atoms with Crippen LogP contribution in [0.15, 0.2) is 28.7 Å². The second-order valence-corrected chi connectivity index (χ2v) is 4.93. The molecule has 3 nitrogen and oxygen atoms in total. The maximum Gasteiger partial charge on any atom is 0.426 e. The van der Waals surface area contributed by atoms with E-state index < -0.39 is 23.6 Å². The molecule has 2 unspecified atom stereocenters. The molecule has 0 fully saturated rings. The summed E-state index contributed by atoms with van der Waals surface area (Å²) in [5.74, 6) is -0.569. The van der Waals surface area contributed by atoms with Crippen molar-refractivity contribution in [2.45, 2.75) is 38.1 Å². The summed E-state index contributed by atoms with van der Waals surface area (Å²) in [5, 5.41) is 10.6. The van der Waals surface area contributed by atoms with E-state index in [-0.39, 0.29) is 12.0 Å². The van der Waals surface area contributed by atoms with Crippen LogP contribution in [0.5, 0.6) is 0 Å². The second-order valence-electron chi connectivity index (χ2n) is 4.93. The number of halogens is 3. The fourth-order valence-electron chi connectivity index (χ4n) is 2.18. The zero-order valence-electron chi connectivity index (χ0n) is 11.2. The van der Waals surface area contributed by atoms with Gasteiger partial charge in [-0.2, -0.15) is 13.2 Å². The van der Waals surface area contributed by atoms with Crippen LogP contribution in [0.1, 0.15) is 24.7 Å². The molecule has 0 spiro atoms. The van der Waals surface area contributed by atoms with Gasteiger partial charge in [0.2, 0.25) is 5.60 Å². The van der Waals surface area contributed by atoms with Crippen LogP contribution in [0, 0.1) is 6.92 Å². The van der Waals surface area contributed by atoms with Crippen LogP contribution in [0.25, 0.3) is 11.0 Å². The summed E-state index contributed by atoms with van der Waals surface area (Å²) in [6.45, 7) is 3.30. The average molecular weight is 287 g/mol. The maximum atomic E-state index is 13.2. The lowest BCUT2D eigenvalue weighted by atomic mass is 9.89. The van der Waals surface area contributed by atoms with Gasteiger partial charge in [0.1, 0.15) is 11.3 Å². The Bertz CT molecular complexity index is 620. The Morgan fingerprint density at radius 3 is 2.50 bits per heavy atom. The molecular formula is C14H16F3NO2. The molecule has 1 heterocycles. The fourth-order valence-corrected chi connectivity index (χ4v) is 2.18. The first-order chi connectivity index (χ1) is 9.20. The molecule has 0 saturated carbocycles. The van der Waals surface area contributed by atoms with Crippen molar-refractivity contribution < 1.29 is 22.7 Å². The van der Waals surface area contributed by atoms with Crippen molar-refractivity contribution in [3.8, 4) is 0 Å². The third kappa shape index (κ3) is 2.19. The third-order valence-electron chi connectivity index (χ3n) is 3.46. The molecule has 0 bridgehead atoms. The smallest absolute Gasteiger partial charge is 0.426 e. The number of furan rings is 1. The summed E-state index contributed by atoms with van der Waals surface area (Å²) >= 11 is 0. The van der Waals surface area contributed by atoms with Crippen molar-refractivity contribution >= 4 is 11.0 Å². The number of hydrogen-bond donors (Lipinski definition) is 2. The van der Waals surface area contributed by atoms with E-state index in [1.54, 1.807) is 18.2 Å². The summed E-state index contributed by atoms with van der Waals surface area (Å²) in [6.07, 6.45) is -4.95. The van der Waals surface area contributed by atoms with Crippen LogP contribution in [-0.4, -0.2) is 17.3 Å². The molecule has 0 amide bonds. The van der Waals surface area contributed by atoms with E-state index in [0.717, 1.165) is 5.56 Å². The third-order valence-corrected chi connectivity index (χ3v) is 3.46. The number of rotatable bonds is 3. The van der Waals surface area contributed by atoms with E-state index in [1.165, 1.54) is 13.0 Å². The van der Waals surface area contributed by atoms with Gasteiger partial charge in [-0.1, -0.05) is 18.6 Å². The lowest BCUT2D eigenvalue weighted by Crippen LogP contribution is -2.55. The molecule has 0 aliphatic carbocycles. The highest BCUT2D eigenvalue weighted by atomic mass is 19.4. The van der Waals surface area contributed by atoms with Gasteiger partial charge in [0, 0.05) is 11.4 Å². The van der Waals surface area contributed by atoms with Crippen LogP contribution >= 0.6 is 0 Å². The summed E-state index contributed by atoms with van der Waals surface area (Å²) in [4.78, 5) is 0. The van der Waals surface area contributed by atoms with E-state index in [9.17, 15) is 18.3 Å². The number of hydrogen-bond acceptors (Lipinski definition) is 3. The molecule has 0 aliphatic heterocycles. The minimum Gasteiger partial charge on any atom is -0.458 e. The predicted octanol–water partition coefficient (Wildman–Crippen LogP) is 3.23. The van der Waals surface area contributed by atoms with Crippen LogP contribution in [0.2, 0.25) is 0 Å². The van der Waals surface area contributed by atoms with Gasteiger partial charge in [0.25, 0.3) is 0 Å². The van der Waals surface area contributed by atoms with E-state index in [0.29, 0.717) is 5.39 Å². The van der Waals surface area contributed by atoms with E-state index in [1.807, 2.05) is 6.92 Å². The lowest BCUT2D eigenvalue weighted by molar-refractivity contribution is -0.280. The van der Waals surface area contributed by atoms with Crippen LogP contribution in [0.3, 0.4) is 0 Å². The van der Waals surface area contributed by atoms with Crippen LogP contribution < -0.4 is 5.73 Å². The number of aryl methyl sites for hydroxylation is 1. The fraction of sp³-hybridized carbons (Fsp3) is 0.429. The first kappa shape index (κ1) is 14.9. The summed E-state index contributed by atoms with van der Waals surface area (Å²) in [5.41, 5.74) is 3.48. The predicted molar refractivity (Wildman–Crippen MR) is 69.2 cm³/mol. The standard InChI is InChI=1S/C14H16F3NO2/c1-3-11(18)13(19,14(15,16)17)12-7-9-6-8(2)4-5-10(9)20-12/h4-7,11,19H,3,18H2,1-2H3. The number of benzene rings is 1. The Labute approximate surface area is 114 Å². The molecule has 6 heteroatoms. The normalized spacial score (nSPS) is 17.1.